The maximum Gasteiger partial charge on any atom is 0.264 e. The minimum absolute atomic E-state index is 0.287. The Kier molecular flexibility index (Phi) is 6.18. The molecule has 8 nitrogen and oxygen atoms in total. The third-order valence-electron chi connectivity index (χ3n) is 4.11. The number of carbonyl (C=O) groups is 1. The largest absolute Gasteiger partial charge is 0.493 e. The monoisotopic (exact) mass is 459 g/mol. The molecule has 0 bridgehead atoms. The molecule has 9 heteroatoms. The van der Waals surface area contributed by atoms with Crippen molar-refractivity contribution < 1.29 is 19.0 Å². The molecule has 1 amide bonds. The lowest BCUT2D eigenvalue weighted by Gasteiger charge is -2.16. The molecule has 0 aliphatic rings. The van der Waals surface area contributed by atoms with Gasteiger partial charge in [-0.15, -0.1) is 0 Å². The molecule has 3 aromatic rings. The number of H-pyrrole nitrogens is 1. The van der Waals surface area contributed by atoms with Crippen LogP contribution in [0.4, 0.5) is 5.69 Å². The van der Waals surface area contributed by atoms with Gasteiger partial charge < -0.3 is 19.5 Å². The first-order valence-corrected chi connectivity index (χ1v) is 9.23. The molecule has 1 heterocycles. The summed E-state index contributed by atoms with van der Waals surface area (Å²) in [5, 5.41) is 9.23. The van der Waals surface area contributed by atoms with E-state index in [1.165, 1.54) is 27.4 Å². The predicted octanol–water partition coefficient (Wildman–Crippen LogP) is 3.48. The van der Waals surface area contributed by atoms with Gasteiger partial charge in [0.1, 0.15) is 0 Å². The van der Waals surface area contributed by atoms with Gasteiger partial charge in [0.05, 0.1) is 37.1 Å². The van der Waals surface area contributed by atoms with Crippen molar-refractivity contribution >= 4 is 27.5 Å². The van der Waals surface area contributed by atoms with Gasteiger partial charge in [0, 0.05) is 17.3 Å². The lowest BCUT2D eigenvalue weighted by molar-refractivity contribution is 0.102. The van der Waals surface area contributed by atoms with E-state index in [2.05, 4.69) is 31.4 Å². The molecule has 0 saturated carbocycles. The summed E-state index contributed by atoms with van der Waals surface area (Å²) in [4.78, 5) is 24.1. The standard InChI is InChI=1S/C20H18BrN3O5/c1-27-15-10-13(17(21)19(29-3)18(15)28-2)20(26)22-12-6-4-5-11(9-12)14-7-8-16(25)24-23-14/h4-10H,1-3H3,(H,22,26)(H,24,25). The Labute approximate surface area is 174 Å². The summed E-state index contributed by atoms with van der Waals surface area (Å²) in [7, 11) is 4.45. The van der Waals surface area contributed by atoms with Crippen molar-refractivity contribution in [3.8, 4) is 28.5 Å². The second-order valence-electron chi connectivity index (χ2n) is 5.85. The Morgan fingerprint density at radius 1 is 1.03 bits per heavy atom. The summed E-state index contributed by atoms with van der Waals surface area (Å²) in [5.41, 5.74) is 1.90. The van der Waals surface area contributed by atoms with E-state index in [0.29, 0.717) is 38.7 Å². The van der Waals surface area contributed by atoms with Crippen molar-refractivity contribution in [2.45, 2.75) is 0 Å². The van der Waals surface area contributed by atoms with E-state index in [1.807, 2.05) is 6.07 Å². The number of nitrogens with one attached hydrogen (secondary N) is 2. The lowest BCUT2D eigenvalue weighted by atomic mass is 10.1. The fourth-order valence-corrected chi connectivity index (χ4v) is 3.38. The lowest BCUT2D eigenvalue weighted by Crippen LogP contribution is -2.14. The Morgan fingerprint density at radius 2 is 1.79 bits per heavy atom. The molecule has 0 fully saturated rings. The van der Waals surface area contributed by atoms with Gasteiger partial charge in [-0.25, -0.2) is 5.10 Å². The normalized spacial score (nSPS) is 10.3. The summed E-state index contributed by atoms with van der Waals surface area (Å²) >= 11 is 3.40. The summed E-state index contributed by atoms with van der Waals surface area (Å²) in [6, 6.07) is 11.7. The summed E-state index contributed by atoms with van der Waals surface area (Å²) in [5.74, 6) is 0.722. The molecule has 0 radical (unpaired) electrons. The molecule has 150 valence electrons. The highest BCUT2D eigenvalue weighted by Crippen LogP contribution is 2.44. The number of benzene rings is 2. The van der Waals surface area contributed by atoms with E-state index in [4.69, 9.17) is 14.2 Å². The van der Waals surface area contributed by atoms with Gasteiger partial charge in [-0.2, -0.15) is 5.10 Å². The minimum atomic E-state index is -0.372. The Bertz CT molecular complexity index is 1090. The predicted molar refractivity (Wildman–Crippen MR) is 112 cm³/mol. The summed E-state index contributed by atoms with van der Waals surface area (Å²) < 4.78 is 16.4. The molecule has 29 heavy (non-hydrogen) atoms. The van der Waals surface area contributed by atoms with Crippen molar-refractivity contribution in [1.29, 1.82) is 0 Å². The summed E-state index contributed by atoms with van der Waals surface area (Å²) in [6.45, 7) is 0. The van der Waals surface area contributed by atoms with Crippen LogP contribution >= 0.6 is 15.9 Å². The van der Waals surface area contributed by atoms with Crippen LogP contribution in [-0.2, 0) is 0 Å². The number of ether oxygens (including phenoxy) is 3. The number of carbonyl (C=O) groups excluding carboxylic acids is 1. The molecule has 0 atom stereocenters. The SMILES string of the molecule is COc1cc(C(=O)Nc2cccc(-c3ccc(=O)[nH]n3)c2)c(Br)c(OC)c1OC. The third-order valence-corrected chi connectivity index (χ3v) is 4.90. The molecule has 0 saturated heterocycles. The number of aromatic amines is 1. The topological polar surface area (TPSA) is 103 Å². The van der Waals surface area contributed by atoms with Crippen LogP contribution in [0.25, 0.3) is 11.3 Å². The zero-order valence-electron chi connectivity index (χ0n) is 15.9. The van der Waals surface area contributed by atoms with E-state index in [1.54, 1.807) is 30.3 Å². The zero-order chi connectivity index (χ0) is 21.0. The van der Waals surface area contributed by atoms with Crippen molar-refractivity contribution in [2.24, 2.45) is 0 Å². The molecule has 0 aliphatic heterocycles. The van der Waals surface area contributed by atoms with Gasteiger partial charge in [-0.05, 0) is 40.2 Å². The first-order chi connectivity index (χ1) is 14.0. The van der Waals surface area contributed by atoms with E-state index in [0.717, 1.165) is 5.56 Å². The van der Waals surface area contributed by atoms with Crippen LogP contribution in [0.1, 0.15) is 10.4 Å². The number of hydrogen-bond acceptors (Lipinski definition) is 6. The second-order valence-corrected chi connectivity index (χ2v) is 6.64. The Hall–Kier alpha value is -3.33. The molecule has 0 aliphatic carbocycles. The van der Waals surface area contributed by atoms with Crippen molar-refractivity contribution in [3.63, 3.8) is 0 Å². The van der Waals surface area contributed by atoms with Crippen molar-refractivity contribution in [1.82, 2.24) is 10.2 Å². The molecule has 0 unspecified atom stereocenters. The van der Waals surface area contributed by atoms with Gasteiger partial charge in [-0.1, -0.05) is 12.1 Å². The number of anilines is 1. The average Bonchev–Trinajstić information content (AvgIpc) is 2.73. The van der Waals surface area contributed by atoms with Gasteiger partial charge in [-0.3, -0.25) is 9.59 Å². The molecule has 0 spiro atoms. The van der Waals surface area contributed by atoms with Crippen LogP contribution in [0.2, 0.25) is 0 Å². The van der Waals surface area contributed by atoms with Crippen LogP contribution in [0, 0.1) is 0 Å². The highest BCUT2D eigenvalue weighted by molar-refractivity contribution is 9.10. The number of rotatable bonds is 6. The van der Waals surface area contributed by atoms with E-state index in [-0.39, 0.29) is 11.5 Å². The maximum atomic E-state index is 12.9. The molecular weight excluding hydrogens is 442 g/mol. The van der Waals surface area contributed by atoms with Crippen molar-refractivity contribution in [2.75, 3.05) is 26.6 Å². The first-order valence-electron chi connectivity index (χ1n) is 8.44. The van der Waals surface area contributed by atoms with Crippen LogP contribution in [0.3, 0.4) is 0 Å². The fourth-order valence-electron chi connectivity index (χ4n) is 2.75. The first kappa shape index (κ1) is 20.4. The van der Waals surface area contributed by atoms with E-state index in [9.17, 15) is 9.59 Å². The van der Waals surface area contributed by atoms with Crippen LogP contribution in [0.5, 0.6) is 17.2 Å². The second kappa shape index (κ2) is 8.78. The molecule has 2 N–H and O–H groups in total. The molecule has 1 aromatic heterocycles. The molecular formula is C20H18BrN3O5. The number of methoxy groups -OCH3 is 3. The van der Waals surface area contributed by atoms with Gasteiger partial charge in [0.25, 0.3) is 11.5 Å². The quantitative estimate of drug-likeness (QED) is 0.584. The summed E-state index contributed by atoms with van der Waals surface area (Å²) in [6.07, 6.45) is 0. The smallest absolute Gasteiger partial charge is 0.264 e. The zero-order valence-corrected chi connectivity index (χ0v) is 17.5. The minimum Gasteiger partial charge on any atom is -0.493 e. The number of amides is 1. The van der Waals surface area contributed by atoms with Crippen LogP contribution in [-0.4, -0.2) is 37.4 Å². The average molecular weight is 460 g/mol. The van der Waals surface area contributed by atoms with Crippen LogP contribution in [0.15, 0.2) is 51.7 Å². The molecule has 3 rings (SSSR count). The van der Waals surface area contributed by atoms with E-state index >= 15 is 0 Å². The van der Waals surface area contributed by atoms with Gasteiger partial charge >= 0.3 is 0 Å². The van der Waals surface area contributed by atoms with Gasteiger partial charge in [0.2, 0.25) is 5.75 Å². The molecule has 2 aromatic carbocycles. The fraction of sp³-hybridized carbons (Fsp3) is 0.150. The van der Waals surface area contributed by atoms with Crippen LogP contribution < -0.4 is 25.1 Å². The number of nitrogens with zero attached hydrogens (tertiary/aromatic N) is 1. The number of hydrogen-bond donors (Lipinski definition) is 2. The number of halogens is 1. The van der Waals surface area contributed by atoms with Crippen molar-refractivity contribution in [3.05, 3.63) is 62.9 Å². The highest BCUT2D eigenvalue weighted by atomic mass is 79.9. The van der Waals surface area contributed by atoms with Gasteiger partial charge in [0.15, 0.2) is 11.5 Å². The maximum absolute atomic E-state index is 12.9. The Morgan fingerprint density at radius 3 is 2.41 bits per heavy atom. The number of aromatic nitrogens is 2. The third kappa shape index (κ3) is 4.24. The highest BCUT2D eigenvalue weighted by Gasteiger charge is 2.23. The Balaban J connectivity index is 1.94. The van der Waals surface area contributed by atoms with E-state index < -0.39 is 0 Å².